The van der Waals surface area contributed by atoms with E-state index in [0.717, 1.165) is 11.1 Å². The molecule has 0 saturated heterocycles. The van der Waals surface area contributed by atoms with E-state index in [4.69, 9.17) is 19.9 Å². The quantitative estimate of drug-likeness (QED) is 0.452. The molecule has 3 aromatic rings. The number of nitrogens with one attached hydrogen (secondary N) is 1. The lowest BCUT2D eigenvalue weighted by Crippen LogP contribution is -2.36. The number of rotatable bonds is 8. The van der Waals surface area contributed by atoms with E-state index in [-0.39, 0.29) is 11.9 Å². The molecule has 1 aromatic carbocycles. The number of anilines is 2. The number of pyridine rings is 1. The smallest absolute Gasteiger partial charge is 0.415 e. The fraction of sp³-hybridized carbons (Fsp3) is 0.423. The van der Waals surface area contributed by atoms with Crippen LogP contribution in [0.25, 0.3) is 5.52 Å². The molecule has 10 heteroatoms. The zero-order valence-electron chi connectivity index (χ0n) is 21.9. The standard InChI is InChI=1S/C26H35N5O5/c1-16(14-35-15-18-11-12-21(34-7)23(27)17(18)2)29-24(32)19-13-28-31-20(19)9-8-10-22(31)30(6)25(33)36-26(3,4)5/h8-13,16H,14-15,27H2,1-7H3,(H,29,32)/t16-/m1/s1. The second-order valence-corrected chi connectivity index (χ2v) is 9.63. The SMILES string of the molecule is COc1ccc(COC[C@@H](C)NC(=O)c2cnn3c(N(C)C(=O)OC(C)(C)C)cccc23)c(C)c1N. The Balaban J connectivity index is 1.64. The van der Waals surface area contributed by atoms with Crippen LogP contribution in [0.3, 0.4) is 0 Å². The third kappa shape index (κ3) is 6.06. The number of aromatic nitrogens is 2. The molecule has 2 amide bonds. The van der Waals surface area contributed by atoms with Gasteiger partial charge in [0.2, 0.25) is 0 Å². The molecule has 0 unspecified atom stereocenters. The highest BCUT2D eigenvalue weighted by atomic mass is 16.6. The Hall–Kier alpha value is -3.79. The summed E-state index contributed by atoms with van der Waals surface area (Å²) in [7, 11) is 3.18. The summed E-state index contributed by atoms with van der Waals surface area (Å²) in [6, 6.07) is 8.74. The van der Waals surface area contributed by atoms with Crippen molar-refractivity contribution in [3.8, 4) is 5.75 Å². The van der Waals surface area contributed by atoms with Crippen molar-refractivity contribution in [1.29, 1.82) is 0 Å². The van der Waals surface area contributed by atoms with Crippen molar-refractivity contribution < 1.29 is 23.8 Å². The van der Waals surface area contributed by atoms with Crippen LogP contribution in [0, 0.1) is 6.92 Å². The number of hydrogen-bond donors (Lipinski definition) is 2. The summed E-state index contributed by atoms with van der Waals surface area (Å²) in [6.07, 6.45) is 0.963. The molecule has 0 spiro atoms. The molecule has 2 heterocycles. The van der Waals surface area contributed by atoms with Crippen molar-refractivity contribution in [3.05, 3.63) is 53.2 Å². The van der Waals surface area contributed by atoms with Crippen molar-refractivity contribution in [2.45, 2.75) is 52.9 Å². The summed E-state index contributed by atoms with van der Waals surface area (Å²) in [5.41, 5.74) is 8.86. The van der Waals surface area contributed by atoms with Crippen molar-refractivity contribution >= 4 is 29.0 Å². The summed E-state index contributed by atoms with van der Waals surface area (Å²) >= 11 is 0. The fourth-order valence-corrected chi connectivity index (χ4v) is 3.62. The Morgan fingerprint density at radius 1 is 1.22 bits per heavy atom. The number of nitrogens with two attached hydrogens (primary N) is 1. The molecule has 194 valence electrons. The van der Waals surface area contributed by atoms with E-state index in [1.807, 2.05) is 26.0 Å². The van der Waals surface area contributed by atoms with Crippen LogP contribution in [0.2, 0.25) is 0 Å². The highest BCUT2D eigenvalue weighted by Crippen LogP contribution is 2.27. The van der Waals surface area contributed by atoms with Crippen molar-refractivity contribution in [2.24, 2.45) is 0 Å². The van der Waals surface area contributed by atoms with Crippen LogP contribution < -0.4 is 20.7 Å². The lowest BCUT2D eigenvalue weighted by atomic mass is 10.1. The van der Waals surface area contributed by atoms with Gasteiger partial charge in [-0.2, -0.15) is 5.10 Å². The highest BCUT2D eigenvalue weighted by Gasteiger charge is 2.23. The van der Waals surface area contributed by atoms with E-state index in [0.29, 0.717) is 41.5 Å². The minimum atomic E-state index is -0.634. The molecule has 0 aliphatic rings. The van der Waals surface area contributed by atoms with E-state index >= 15 is 0 Å². The number of hydrogen-bond acceptors (Lipinski definition) is 7. The lowest BCUT2D eigenvalue weighted by Gasteiger charge is -2.24. The largest absolute Gasteiger partial charge is 0.495 e. The molecule has 3 N–H and O–H groups in total. The van der Waals surface area contributed by atoms with Gasteiger partial charge in [-0.25, -0.2) is 9.31 Å². The predicted octanol–water partition coefficient (Wildman–Crippen LogP) is 3.94. The van der Waals surface area contributed by atoms with Gasteiger partial charge in [-0.15, -0.1) is 0 Å². The first-order valence-electron chi connectivity index (χ1n) is 11.7. The number of methoxy groups -OCH3 is 1. The average Bonchev–Trinajstić information content (AvgIpc) is 3.25. The van der Waals surface area contributed by atoms with Gasteiger partial charge >= 0.3 is 6.09 Å². The fourth-order valence-electron chi connectivity index (χ4n) is 3.62. The minimum absolute atomic E-state index is 0.254. The Morgan fingerprint density at radius 2 is 1.94 bits per heavy atom. The monoisotopic (exact) mass is 497 g/mol. The molecule has 0 bridgehead atoms. The van der Waals surface area contributed by atoms with Crippen LogP contribution in [0.4, 0.5) is 16.3 Å². The van der Waals surface area contributed by atoms with Crippen LogP contribution in [0.15, 0.2) is 36.5 Å². The number of carbonyl (C=O) groups excluding carboxylic acids is 2. The molecular weight excluding hydrogens is 462 g/mol. The Morgan fingerprint density at radius 3 is 2.61 bits per heavy atom. The average molecular weight is 498 g/mol. The molecule has 0 radical (unpaired) electrons. The van der Waals surface area contributed by atoms with Crippen molar-refractivity contribution in [2.75, 3.05) is 31.4 Å². The van der Waals surface area contributed by atoms with Crippen molar-refractivity contribution in [3.63, 3.8) is 0 Å². The Labute approximate surface area is 211 Å². The van der Waals surface area contributed by atoms with Gasteiger partial charge in [0.25, 0.3) is 5.91 Å². The van der Waals surface area contributed by atoms with E-state index in [9.17, 15) is 9.59 Å². The number of nitrogen functional groups attached to an aromatic ring is 1. The Kier molecular flexibility index (Phi) is 8.09. The van der Waals surface area contributed by atoms with Gasteiger partial charge < -0.3 is 25.3 Å². The van der Waals surface area contributed by atoms with Crippen LogP contribution in [0.5, 0.6) is 5.75 Å². The van der Waals surface area contributed by atoms with E-state index < -0.39 is 11.7 Å². The predicted molar refractivity (Wildman–Crippen MR) is 139 cm³/mol. The summed E-state index contributed by atoms with van der Waals surface area (Å²) in [5.74, 6) is 0.820. The third-order valence-electron chi connectivity index (χ3n) is 5.59. The normalized spacial score (nSPS) is 12.3. The summed E-state index contributed by atoms with van der Waals surface area (Å²) < 4.78 is 18.0. The molecule has 3 rings (SSSR count). The van der Waals surface area contributed by atoms with Crippen molar-refractivity contribution in [1.82, 2.24) is 14.9 Å². The summed E-state index contributed by atoms with van der Waals surface area (Å²) in [5, 5.41) is 7.27. The molecule has 0 fully saturated rings. The number of fused-ring (bicyclic) bond motifs is 1. The molecule has 36 heavy (non-hydrogen) atoms. The summed E-state index contributed by atoms with van der Waals surface area (Å²) in [6.45, 7) is 9.85. The van der Waals surface area contributed by atoms with Crippen LogP contribution in [0.1, 0.15) is 49.2 Å². The van der Waals surface area contributed by atoms with Crippen LogP contribution in [-0.2, 0) is 16.1 Å². The maximum Gasteiger partial charge on any atom is 0.415 e. The van der Waals surface area contributed by atoms with Gasteiger partial charge in [-0.1, -0.05) is 12.1 Å². The maximum atomic E-state index is 13.0. The van der Waals surface area contributed by atoms with E-state index in [1.165, 1.54) is 15.6 Å². The van der Waals surface area contributed by atoms with Crippen LogP contribution >= 0.6 is 0 Å². The molecule has 0 saturated carbocycles. The first-order chi connectivity index (χ1) is 16.9. The van der Waals surface area contributed by atoms with Gasteiger partial charge in [-0.3, -0.25) is 9.69 Å². The van der Waals surface area contributed by atoms with Gasteiger partial charge in [0.05, 0.1) is 43.3 Å². The number of benzene rings is 1. The number of ether oxygens (including phenoxy) is 3. The van der Waals surface area contributed by atoms with Gasteiger partial charge in [0.1, 0.15) is 17.2 Å². The van der Waals surface area contributed by atoms with Crippen LogP contribution in [-0.4, -0.2) is 54.0 Å². The summed E-state index contributed by atoms with van der Waals surface area (Å²) in [4.78, 5) is 26.9. The zero-order valence-corrected chi connectivity index (χ0v) is 21.9. The lowest BCUT2D eigenvalue weighted by molar-refractivity contribution is 0.0587. The minimum Gasteiger partial charge on any atom is -0.495 e. The van der Waals surface area contributed by atoms with E-state index in [2.05, 4.69) is 10.4 Å². The Bertz CT molecular complexity index is 1250. The zero-order chi connectivity index (χ0) is 26.6. The molecule has 10 nitrogen and oxygen atoms in total. The first-order valence-corrected chi connectivity index (χ1v) is 11.7. The van der Waals surface area contributed by atoms with Gasteiger partial charge in [0.15, 0.2) is 0 Å². The third-order valence-corrected chi connectivity index (χ3v) is 5.59. The molecule has 2 aromatic heterocycles. The highest BCUT2D eigenvalue weighted by molar-refractivity contribution is 6.01. The number of nitrogens with zero attached hydrogens (tertiary/aromatic N) is 3. The second-order valence-electron chi connectivity index (χ2n) is 9.63. The number of carbonyl (C=O) groups is 2. The molecular formula is C26H35N5O5. The maximum absolute atomic E-state index is 13.0. The van der Waals surface area contributed by atoms with Gasteiger partial charge in [-0.05, 0) is 63.9 Å². The first kappa shape index (κ1) is 26.8. The molecule has 0 aliphatic carbocycles. The topological polar surface area (TPSA) is 120 Å². The second kappa shape index (κ2) is 10.9. The van der Waals surface area contributed by atoms with E-state index in [1.54, 1.807) is 53.1 Å². The molecule has 1 atom stereocenters. The molecule has 0 aliphatic heterocycles. The number of amides is 2. The van der Waals surface area contributed by atoms with Gasteiger partial charge in [0, 0.05) is 13.1 Å².